The van der Waals surface area contributed by atoms with Crippen molar-refractivity contribution >= 4 is 0 Å². The molecule has 0 radical (unpaired) electrons. The average Bonchev–Trinajstić information content (AvgIpc) is 3.05. The van der Waals surface area contributed by atoms with Gasteiger partial charge in [-0.15, -0.1) is 0 Å². The second-order valence-corrected chi connectivity index (χ2v) is 5.68. The van der Waals surface area contributed by atoms with Gasteiger partial charge in [0, 0.05) is 12.6 Å². The third-order valence-corrected chi connectivity index (χ3v) is 4.32. The maximum absolute atomic E-state index is 13.2. The Labute approximate surface area is 125 Å². The summed E-state index contributed by atoms with van der Waals surface area (Å²) in [6.07, 6.45) is 1.15. The predicted molar refractivity (Wildman–Crippen MR) is 83.7 cm³/mol. The third-order valence-electron chi connectivity index (χ3n) is 4.32. The van der Waals surface area contributed by atoms with Crippen LogP contribution in [0.25, 0.3) is 0 Å². The lowest BCUT2D eigenvalue weighted by atomic mass is 9.96. The van der Waals surface area contributed by atoms with E-state index in [0.29, 0.717) is 6.04 Å². The second kappa shape index (κ2) is 6.37. The number of halogens is 1. The van der Waals surface area contributed by atoms with Gasteiger partial charge >= 0.3 is 0 Å². The summed E-state index contributed by atoms with van der Waals surface area (Å²) in [7, 11) is 2.17. The molecular weight excluding hydrogens is 263 g/mol. The van der Waals surface area contributed by atoms with Gasteiger partial charge < -0.3 is 5.32 Å². The Balaban J connectivity index is 1.96. The molecule has 0 bridgehead atoms. The Morgan fingerprint density at radius 1 is 1.05 bits per heavy atom. The summed E-state index contributed by atoms with van der Waals surface area (Å²) in [6.45, 7) is 2.08. The minimum atomic E-state index is -0.184. The van der Waals surface area contributed by atoms with Gasteiger partial charge in [-0.3, -0.25) is 4.90 Å². The Bertz CT molecular complexity index is 562. The fourth-order valence-corrected chi connectivity index (χ4v) is 3.14. The van der Waals surface area contributed by atoms with Crippen LogP contribution < -0.4 is 5.32 Å². The van der Waals surface area contributed by atoms with Crippen LogP contribution in [-0.4, -0.2) is 31.1 Å². The molecule has 2 aromatic rings. The van der Waals surface area contributed by atoms with Gasteiger partial charge in [-0.25, -0.2) is 4.39 Å². The smallest absolute Gasteiger partial charge is 0.123 e. The minimum Gasteiger partial charge on any atom is -0.315 e. The van der Waals surface area contributed by atoms with E-state index in [4.69, 9.17) is 0 Å². The molecule has 0 spiro atoms. The van der Waals surface area contributed by atoms with E-state index < -0.39 is 0 Å². The quantitative estimate of drug-likeness (QED) is 0.927. The number of likely N-dealkylation sites (N-methyl/N-ethyl adjacent to an activating group) is 1. The first-order chi connectivity index (χ1) is 10.3. The highest BCUT2D eigenvalue weighted by Crippen LogP contribution is 2.30. The molecule has 21 heavy (non-hydrogen) atoms. The largest absolute Gasteiger partial charge is 0.315 e. The topological polar surface area (TPSA) is 15.3 Å². The zero-order chi connectivity index (χ0) is 14.7. The number of nitrogens with one attached hydrogen (secondary N) is 1. The predicted octanol–water partition coefficient (Wildman–Crippen LogP) is 3.21. The van der Waals surface area contributed by atoms with Crippen molar-refractivity contribution in [3.05, 3.63) is 71.5 Å². The first-order valence-electron chi connectivity index (χ1n) is 7.49. The van der Waals surface area contributed by atoms with Gasteiger partial charge in [0.2, 0.25) is 0 Å². The molecule has 3 heteroatoms. The number of nitrogens with zero attached hydrogens (tertiary/aromatic N) is 1. The molecule has 0 saturated carbocycles. The van der Waals surface area contributed by atoms with Crippen LogP contribution >= 0.6 is 0 Å². The first-order valence-corrected chi connectivity index (χ1v) is 7.49. The molecule has 2 unspecified atom stereocenters. The van der Waals surface area contributed by atoms with E-state index >= 15 is 0 Å². The van der Waals surface area contributed by atoms with E-state index in [9.17, 15) is 4.39 Å². The summed E-state index contributed by atoms with van der Waals surface area (Å²) in [4.78, 5) is 2.41. The lowest BCUT2D eigenvalue weighted by Crippen LogP contribution is -2.37. The van der Waals surface area contributed by atoms with Gasteiger partial charge in [0.15, 0.2) is 0 Å². The molecule has 1 aliphatic rings. The second-order valence-electron chi connectivity index (χ2n) is 5.68. The summed E-state index contributed by atoms with van der Waals surface area (Å²) >= 11 is 0. The fourth-order valence-electron chi connectivity index (χ4n) is 3.14. The van der Waals surface area contributed by atoms with Gasteiger partial charge in [-0.1, -0.05) is 42.5 Å². The number of benzene rings is 2. The lowest BCUT2D eigenvalue weighted by Gasteiger charge is -2.33. The highest BCUT2D eigenvalue weighted by molar-refractivity contribution is 5.32. The molecule has 2 atom stereocenters. The standard InChI is InChI=1S/C18H21FN2/c1-21(17-11-12-20-13-17)18(14-5-3-2-4-6-14)15-7-9-16(19)10-8-15/h2-10,17-18,20H,11-13H2,1H3. The van der Waals surface area contributed by atoms with Gasteiger partial charge in [-0.2, -0.15) is 0 Å². The number of rotatable bonds is 4. The van der Waals surface area contributed by atoms with E-state index in [1.807, 2.05) is 18.2 Å². The molecule has 0 aliphatic carbocycles. The van der Waals surface area contributed by atoms with Gasteiger partial charge in [0.05, 0.1) is 6.04 Å². The molecule has 1 saturated heterocycles. The summed E-state index contributed by atoms with van der Waals surface area (Å²) in [6, 6.07) is 18.0. The Morgan fingerprint density at radius 2 is 1.71 bits per heavy atom. The van der Waals surface area contributed by atoms with E-state index in [1.54, 1.807) is 12.1 Å². The van der Waals surface area contributed by atoms with Crippen molar-refractivity contribution in [2.75, 3.05) is 20.1 Å². The molecule has 110 valence electrons. The van der Waals surface area contributed by atoms with E-state index in [2.05, 4.69) is 41.5 Å². The fraction of sp³-hybridized carbons (Fsp3) is 0.333. The first kappa shape index (κ1) is 14.2. The van der Waals surface area contributed by atoms with Crippen molar-refractivity contribution in [1.29, 1.82) is 0 Å². The van der Waals surface area contributed by atoms with E-state index in [-0.39, 0.29) is 11.9 Å². The Hall–Kier alpha value is -1.71. The molecule has 1 N–H and O–H groups in total. The normalized spacial score (nSPS) is 19.9. The van der Waals surface area contributed by atoms with Gasteiger partial charge in [0.25, 0.3) is 0 Å². The van der Waals surface area contributed by atoms with Crippen LogP contribution in [0.3, 0.4) is 0 Å². The average molecular weight is 284 g/mol. The monoisotopic (exact) mass is 284 g/mol. The molecule has 2 aromatic carbocycles. The van der Waals surface area contributed by atoms with Crippen LogP contribution in [-0.2, 0) is 0 Å². The summed E-state index contributed by atoms with van der Waals surface area (Å²) in [5.41, 5.74) is 2.38. The SMILES string of the molecule is CN(C1CCNC1)C(c1ccccc1)c1ccc(F)cc1. The van der Waals surface area contributed by atoms with Crippen LogP contribution in [0.15, 0.2) is 54.6 Å². The van der Waals surface area contributed by atoms with Crippen LogP contribution in [0.5, 0.6) is 0 Å². The van der Waals surface area contributed by atoms with Gasteiger partial charge in [-0.05, 0) is 43.3 Å². The Kier molecular flexibility index (Phi) is 4.32. The molecule has 2 nitrogen and oxygen atoms in total. The Morgan fingerprint density at radius 3 is 2.33 bits per heavy atom. The molecule has 0 aromatic heterocycles. The van der Waals surface area contributed by atoms with Crippen molar-refractivity contribution in [1.82, 2.24) is 10.2 Å². The van der Waals surface area contributed by atoms with Crippen LogP contribution in [0, 0.1) is 5.82 Å². The van der Waals surface area contributed by atoms with E-state index in [0.717, 1.165) is 25.1 Å². The van der Waals surface area contributed by atoms with E-state index in [1.165, 1.54) is 5.56 Å². The van der Waals surface area contributed by atoms with Crippen LogP contribution in [0.1, 0.15) is 23.6 Å². The molecule has 3 rings (SSSR count). The molecular formula is C18H21FN2. The maximum atomic E-state index is 13.2. The minimum absolute atomic E-state index is 0.164. The molecule has 1 fully saturated rings. The molecule has 1 aliphatic heterocycles. The van der Waals surface area contributed by atoms with Crippen molar-refractivity contribution in [3.63, 3.8) is 0 Å². The maximum Gasteiger partial charge on any atom is 0.123 e. The summed E-state index contributed by atoms with van der Waals surface area (Å²) in [5.74, 6) is -0.184. The third kappa shape index (κ3) is 3.14. The lowest BCUT2D eigenvalue weighted by molar-refractivity contribution is 0.211. The van der Waals surface area contributed by atoms with Crippen molar-refractivity contribution in [2.24, 2.45) is 0 Å². The van der Waals surface area contributed by atoms with Crippen molar-refractivity contribution in [3.8, 4) is 0 Å². The number of hydrogen-bond donors (Lipinski definition) is 1. The van der Waals surface area contributed by atoms with Crippen molar-refractivity contribution < 1.29 is 4.39 Å². The van der Waals surface area contributed by atoms with Gasteiger partial charge in [0.1, 0.15) is 5.82 Å². The zero-order valence-corrected chi connectivity index (χ0v) is 12.3. The highest BCUT2D eigenvalue weighted by atomic mass is 19.1. The highest BCUT2D eigenvalue weighted by Gasteiger charge is 2.27. The summed E-state index contributed by atoms with van der Waals surface area (Å²) < 4.78 is 13.2. The van der Waals surface area contributed by atoms with Crippen molar-refractivity contribution in [2.45, 2.75) is 18.5 Å². The molecule has 1 heterocycles. The zero-order valence-electron chi connectivity index (χ0n) is 12.3. The van der Waals surface area contributed by atoms with Crippen LogP contribution in [0.2, 0.25) is 0 Å². The van der Waals surface area contributed by atoms with Crippen LogP contribution in [0.4, 0.5) is 4.39 Å². The molecule has 0 amide bonds. The number of hydrogen-bond acceptors (Lipinski definition) is 2. The summed E-state index contributed by atoms with van der Waals surface area (Å²) in [5, 5.41) is 3.42.